The molecule has 0 spiro atoms. The fourth-order valence-corrected chi connectivity index (χ4v) is 2.16. The van der Waals surface area contributed by atoms with Crippen LogP contribution in [0.5, 0.6) is 0 Å². The van der Waals surface area contributed by atoms with Crippen molar-refractivity contribution in [3.05, 3.63) is 11.6 Å². The van der Waals surface area contributed by atoms with E-state index in [1.54, 1.807) is 0 Å². The highest BCUT2D eigenvalue weighted by Gasteiger charge is 2.19. The highest BCUT2D eigenvalue weighted by Crippen LogP contribution is 2.14. The van der Waals surface area contributed by atoms with Gasteiger partial charge < -0.3 is 9.88 Å². The lowest BCUT2D eigenvalue weighted by Crippen LogP contribution is -2.32. The van der Waals surface area contributed by atoms with E-state index < -0.39 is 0 Å². The largest absolute Gasteiger partial charge is 0.347 e. The van der Waals surface area contributed by atoms with Crippen LogP contribution in [-0.4, -0.2) is 26.7 Å². The highest BCUT2D eigenvalue weighted by atomic mass is 16.2. The Morgan fingerprint density at radius 2 is 2.00 bits per heavy atom. The number of aryl methyl sites for hydroxylation is 1. The molecule has 0 fully saturated rings. The molecular formula is C12H20N4O. The van der Waals surface area contributed by atoms with E-state index in [0.717, 1.165) is 31.6 Å². The third kappa shape index (κ3) is 2.84. The van der Waals surface area contributed by atoms with Gasteiger partial charge >= 0.3 is 0 Å². The van der Waals surface area contributed by atoms with Crippen LogP contribution in [0.25, 0.3) is 0 Å². The molecule has 1 N–H and O–H groups in total. The van der Waals surface area contributed by atoms with Crippen LogP contribution < -0.4 is 5.32 Å². The second kappa shape index (κ2) is 5.29. The summed E-state index contributed by atoms with van der Waals surface area (Å²) in [6.07, 6.45) is 5.65. The number of amides is 1. The molecule has 5 nitrogen and oxygen atoms in total. The Bertz CT molecular complexity index is 397. The van der Waals surface area contributed by atoms with Crippen molar-refractivity contribution in [1.29, 1.82) is 0 Å². The molecule has 1 aliphatic heterocycles. The molecule has 0 aromatic carbocycles. The molecule has 94 valence electrons. The van der Waals surface area contributed by atoms with E-state index in [9.17, 15) is 4.79 Å². The van der Waals surface area contributed by atoms with E-state index in [1.165, 1.54) is 12.8 Å². The number of nitrogens with zero attached hydrogens (tertiary/aromatic N) is 3. The summed E-state index contributed by atoms with van der Waals surface area (Å²) in [5, 5.41) is 11.0. The average Bonchev–Trinajstić information content (AvgIpc) is 2.59. The zero-order chi connectivity index (χ0) is 12.3. The Kier molecular flexibility index (Phi) is 3.76. The molecule has 1 aliphatic rings. The van der Waals surface area contributed by atoms with Crippen LogP contribution in [0.1, 0.15) is 56.0 Å². The first-order valence-electron chi connectivity index (χ1n) is 6.41. The van der Waals surface area contributed by atoms with Gasteiger partial charge in [0.05, 0.1) is 0 Å². The Morgan fingerprint density at radius 3 is 2.76 bits per heavy atom. The van der Waals surface area contributed by atoms with Gasteiger partial charge in [-0.1, -0.05) is 12.8 Å². The minimum atomic E-state index is -0.112. The van der Waals surface area contributed by atoms with Crippen molar-refractivity contribution in [2.75, 3.05) is 0 Å². The van der Waals surface area contributed by atoms with E-state index in [-0.39, 0.29) is 11.9 Å². The van der Waals surface area contributed by atoms with E-state index in [0.29, 0.717) is 5.82 Å². The molecule has 0 unspecified atom stereocenters. The molecule has 1 aromatic heterocycles. The van der Waals surface area contributed by atoms with Gasteiger partial charge in [-0.3, -0.25) is 4.79 Å². The summed E-state index contributed by atoms with van der Waals surface area (Å²) in [7, 11) is 0. The maximum Gasteiger partial charge on any atom is 0.289 e. The molecule has 0 saturated heterocycles. The number of nitrogens with one attached hydrogen (secondary N) is 1. The predicted molar refractivity (Wildman–Crippen MR) is 64.8 cm³/mol. The lowest BCUT2D eigenvalue weighted by atomic mass is 10.1. The van der Waals surface area contributed by atoms with E-state index in [1.807, 2.05) is 18.4 Å². The minimum Gasteiger partial charge on any atom is -0.347 e. The summed E-state index contributed by atoms with van der Waals surface area (Å²) in [6, 6.07) is 0.129. The lowest BCUT2D eigenvalue weighted by molar-refractivity contribution is 0.0927. The summed E-state index contributed by atoms with van der Waals surface area (Å²) in [5.41, 5.74) is 0. The highest BCUT2D eigenvalue weighted by molar-refractivity contribution is 5.90. The predicted octanol–water partition coefficient (Wildman–Crippen LogP) is 1.53. The maximum atomic E-state index is 12.0. The molecule has 0 radical (unpaired) electrons. The fourth-order valence-electron chi connectivity index (χ4n) is 2.16. The summed E-state index contributed by atoms with van der Waals surface area (Å²) in [6.45, 7) is 4.76. The lowest BCUT2D eigenvalue weighted by Gasteiger charge is -2.14. The van der Waals surface area contributed by atoms with Crippen molar-refractivity contribution < 1.29 is 4.79 Å². The zero-order valence-electron chi connectivity index (χ0n) is 10.6. The van der Waals surface area contributed by atoms with Gasteiger partial charge in [-0.15, -0.1) is 10.2 Å². The second-order valence-corrected chi connectivity index (χ2v) is 4.88. The van der Waals surface area contributed by atoms with E-state index in [2.05, 4.69) is 15.5 Å². The van der Waals surface area contributed by atoms with Crippen molar-refractivity contribution in [2.45, 2.75) is 58.5 Å². The molecule has 1 amide bonds. The van der Waals surface area contributed by atoms with Gasteiger partial charge in [0.2, 0.25) is 5.82 Å². The molecule has 2 rings (SSSR count). The molecule has 5 heteroatoms. The van der Waals surface area contributed by atoms with Gasteiger partial charge in [-0.2, -0.15) is 0 Å². The van der Waals surface area contributed by atoms with Gasteiger partial charge in [0.25, 0.3) is 5.91 Å². The molecule has 1 aromatic rings. The van der Waals surface area contributed by atoms with Crippen molar-refractivity contribution >= 4 is 5.91 Å². The molecule has 17 heavy (non-hydrogen) atoms. The van der Waals surface area contributed by atoms with Crippen molar-refractivity contribution in [1.82, 2.24) is 20.1 Å². The summed E-state index contributed by atoms with van der Waals surface area (Å²) in [5.74, 6) is 1.31. The number of carbonyl (C=O) groups excluding carboxylic acids is 1. The van der Waals surface area contributed by atoms with Crippen LogP contribution in [0.2, 0.25) is 0 Å². The smallest absolute Gasteiger partial charge is 0.289 e. The number of aromatic nitrogens is 3. The van der Waals surface area contributed by atoms with Crippen molar-refractivity contribution in [3.8, 4) is 0 Å². The second-order valence-electron chi connectivity index (χ2n) is 4.88. The first kappa shape index (κ1) is 12.1. The van der Waals surface area contributed by atoms with Gasteiger partial charge in [-0.25, -0.2) is 0 Å². The van der Waals surface area contributed by atoms with Crippen LogP contribution in [-0.2, 0) is 13.0 Å². The third-order valence-corrected chi connectivity index (χ3v) is 2.98. The summed E-state index contributed by atoms with van der Waals surface area (Å²) in [4.78, 5) is 12.0. The maximum absolute atomic E-state index is 12.0. The fraction of sp³-hybridized carbons (Fsp3) is 0.750. The van der Waals surface area contributed by atoms with Crippen molar-refractivity contribution in [2.24, 2.45) is 0 Å². The average molecular weight is 236 g/mol. The molecule has 0 atom stereocenters. The van der Waals surface area contributed by atoms with E-state index >= 15 is 0 Å². The Labute approximate surface area is 102 Å². The monoisotopic (exact) mass is 236 g/mol. The van der Waals surface area contributed by atoms with Crippen LogP contribution >= 0.6 is 0 Å². The van der Waals surface area contributed by atoms with Gasteiger partial charge in [0.1, 0.15) is 5.82 Å². The molecule has 0 aliphatic carbocycles. The topological polar surface area (TPSA) is 59.8 Å². The molecule has 0 saturated carbocycles. The van der Waals surface area contributed by atoms with Crippen LogP contribution in [0, 0.1) is 0 Å². The number of rotatable bonds is 2. The molecular weight excluding hydrogens is 216 g/mol. The summed E-state index contributed by atoms with van der Waals surface area (Å²) >= 11 is 0. The summed E-state index contributed by atoms with van der Waals surface area (Å²) < 4.78 is 1.98. The van der Waals surface area contributed by atoms with Crippen LogP contribution in [0.15, 0.2) is 0 Å². The van der Waals surface area contributed by atoms with Crippen LogP contribution in [0.4, 0.5) is 0 Å². The first-order chi connectivity index (χ1) is 8.18. The third-order valence-electron chi connectivity index (χ3n) is 2.98. The first-order valence-corrected chi connectivity index (χ1v) is 6.41. The quantitative estimate of drug-likeness (QED) is 0.847. The van der Waals surface area contributed by atoms with Crippen molar-refractivity contribution in [3.63, 3.8) is 0 Å². The number of carbonyl (C=O) groups is 1. The SMILES string of the molecule is CC(C)NC(=O)c1nnc2n1CCCCCC2. The number of fused-ring (bicyclic) bond motifs is 1. The van der Waals surface area contributed by atoms with Gasteiger partial charge in [-0.05, 0) is 26.7 Å². The molecule has 2 heterocycles. The van der Waals surface area contributed by atoms with E-state index in [4.69, 9.17) is 0 Å². The molecule has 0 bridgehead atoms. The zero-order valence-corrected chi connectivity index (χ0v) is 10.6. The van der Waals surface area contributed by atoms with Gasteiger partial charge in [0, 0.05) is 19.0 Å². The van der Waals surface area contributed by atoms with Gasteiger partial charge in [0.15, 0.2) is 0 Å². The standard InChI is InChI=1S/C12H20N4O/c1-9(2)13-12(17)11-15-14-10-7-5-3-4-6-8-16(10)11/h9H,3-8H2,1-2H3,(H,13,17). The normalized spacial score (nSPS) is 16.2. The number of hydrogen-bond donors (Lipinski definition) is 1. The number of hydrogen-bond acceptors (Lipinski definition) is 3. The Hall–Kier alpha value is -1.39. The minimum absolute atomic E-state index is 0.112. The Morgan fingerprint density at radius 1 is 1.24 bits per heavy atom. The Balaban J connectivity index is 2.20. The van der Waals surface area contributed by atoms with Crippen LogP contribution in [0.3, 0.4) is 0 Å².